The van der Waals surface area contributed by atoms with E-state index in [4.69, 9.17) is 16.3 Å². The number of ether oxygens (including phenoxy) is 1. The number of hydrogen-bond acceptors (Lipinski definition) is 5. The quantitative estimate of drug-likeness (QED) is 0.220. The topological polar surface area (TPSA) is 92.8 Å². The molecule has 3 aromatic rings. The highest BCUT2D eigenvalue weighted by Crippen LogP contribution is 2.60. The number of likely N-dealkylation sites (tertiary alicyclic amines) is 1. The second-order valence-electron chi connectivity index (χ2n) is 10.6. The van der Waals surface area contributed by atoms with Crippen LogP contribution in [-0.2, 0) is 23.9 Å². The molecule has 3 aliphatic carbocycles. The van der Waals surface area contributed by atoms with Crippen LogP contribution in [-0.4, -0.2) is 41.7 Å². The molecule has 7 nitrogen and oxygen atoms in total. The Balaban J connectivity index is 1.000. The first kappa shape index (κ1) is 26.3. The fourth-order valence-electron chi connectivity index (χ4n) is 6.62. The lowest BCUT2D eigenvalue weighted by atomic mass is 9.55. The summed E-state index contributed by atoms with van der Waals surface area (Å²) in [4.78, 5) is 52.8. The molecule has 1 heterocycles. The van der Waals surface area contributed by atoms with E-state index >= 15 is 0 Å². The fraction of sp³-hybridized carbons (Fsp3) is 0.312. The standard InChI is InChI=1S/C32H29ClN2O5/c33-19-13-15-20(16-14-19)34-25(36)18-40-26(37)12-2-1-7-17-35-31(38)29-27-21-8-3-4-9-22(21)28(30(29)32(35)39)24-11-6-5-10-23(24)27/h3-6,8-11,13-16,27-30H,1-2,7,12,17-18H2,(H,34,36)/t27?,28?,29-,30-/m1/s1. The molecule has 1 aliphatic heterocycles. The van der Waals surface area contributed by atoms with Crippen LogP contribution < -0.4 is 5.32 Å². The van der Waals surface area contributed by atoms with E-state index in [1.54, 1.807) is 24.3 Å². The van der Waals surface area contributed by atoms with Crippen molar-refractivity contribution < 1.29 is 23.9 Å². The first-order valence-electron chi connectivity index (χ1n) is 13.7. The van der Waals surface area contributed by atoms with Crippen molar-refractivity contribution >= 4 is 41.0 Å². The Kier molecular flexibility index (Phi) is 7.15. The number of halogens is 1. The molecule has 2 bridgehead atoms. The Hall–Kier alpha value is -3.97. The summed E-state index contributed by atoms with van der Waals surface area (Å²) in [5, 5.41) is 3.20. The number of carbonyl (C=O) groups is 4. The van der Waals surface area contributed by atoms with Gasteiger partial charge in [-0.05, 0) is 59.4 Å². The summed E-state index contributed by atoms with van der Waals surface area (Å²) in [7, 11) is 0. The van der Waals surface area contributed by atoms with E-state index in [0.29, 0.717) is 36.5 Å². The van der Waals surface area contributed by atoms with Gasteiger partial charge in [-0.2, -0.15) is 0 Å². The van der Waals surface area contributed by atoms with Crippen LogP contribution in [0.2, 0.25) is 5.02 Å². The number of anilines is 1. The average molecular weight is 557 g/mol. The zero-order chi connectivity index (χ0) is 27.8. The van der Waals surface area contributed by atoms with Crippen LogP contribution in [0.4, 0.5) is 5.69 Å². The van der Waals surface area contributed by atoms with Crippen molar-refractivity contribution in [1.82, 2.24) is 4.90 Å². The number of hydrogen-bond donors (Lipinski definition) is 1. The van der Waals surface area contributed by atoms with Crippen molar-refractivity contribution in [3.8, 4) is 0 Å². The number of esters is 1. The van der Waals surface area contributed by atoms with Gasteiger partial charge in [0.1, 0.15) is 0 Å². The highest BCUT2D eigenvalue weighted by atomic mass is 35.5. The summed E-state index contributed by atoms with van der Waals surface area (Å²) in [6.45, 7) is -0.0243. The molecule has 40 heavy (non-hydrogen) atoms. The molecule has 7 rings (SSSR count). The van der Waals surface area contributed by atoms with Gasteiger partial charge >= 0.3 is 5.97 Å². The normalized spacial score (nSPS) is 22.0. The van der Waals surface area contributed by atoms with E-state index in [0.717, 1.165) is 22.3 Å². The number of imide groups is 1. The van der Waals surface area contributed by atoms with E-state index in [-0.39, 0.29) is 48.5 Å². The molecular weight excluding hydrogens is 528 g/mol. The predicted octanol–water partition coefficient (Wildman–Crippen LogP) is 5.27. The molecule has 1 saturated heterocycles. The molecule has 0 radical (unpaired) electrons. The van der Waals surface area contributed by atoms with Crippen LogP contribution in [0.15, 0.2) is 72.8 Å². The maximum atomic E-state index is 13.6. The third-order valence-electron chi connectivity index (χ3n) is 8.29. The number of amides is 3. The maximum absolute atomic E-state index is 13.6. The van der Waals surface area contributed by atoms with Crippen molar-refractivity contribution in [2.75, 3.05) is 18.5 Å². The van der Waals surface area contributed by atoms with Gasteiger partial charge in [0.15, 0.2) is 6.61 Å². The Labute approximate surface area is 237 Å². The Morgan fingerprint density at radius 2 is 1.27 bits per heavy atom. The monoisotopic (exact) mass is 556 g/mol. The van der Waals surface area contributed by atoms with Crippen molar-refractivity contribution in [3.05, 3.63) is 100 Å². The van der Waals surface area contributed by atoms with E-state index in [2.05, 4.69) is 29.6 Å². The van der Waals surface area contributed by atoms with E-state index < -0.39 is 11.9 Å². The second kappa shape index (κ2) is 10.9. The van der Waals surface area contributed by atoms with Gasteiger partial charge in [-0.15, -0.1) is 0 Å². The molecule has 3 amide bonds. The molecule has 204 valence electrons. The van der Waals surface area contributed by atoms with Gasteiger partial charge in [0, 0.05) is 35.5 Å². The molecule has 0 saturated carbocycles. The molecular formula is C32H29ClN2O5. The number of unbranched alkanes of at least 4 members (excludes halogenated alkanes) is 2. The summed E-state index contributed by atoms with van der Waals surface area (Å²) in [6.07, 6.45) is 1.97. The summed E-state index contributed by atoms with van der Waals surface area (Å²) in [6, 6.07) is 23.1. The van der Waals surface area contributed by atoms with E-state index in [1.165, 1.54) is 4.90 Å². The van der Waals surface area contributed by atoms with Crippen LogP contribution >= 0.6 is 11.6 Å². The Morgan fingerprint density at radius 3 is 1.80 bits per heavy atom. The minimum atomic E-state index is -0.460. The van der Waals surface area contributed by atoms with E-state index in [9.17, 15) is 19.2 Å². The summed E-state index contributed by atoms with van der Waals surface area (Å²) >= 11 is 5.83. The molecule has 2 atom stereocenters. The fourth-order valence-corrected chi connectivity index (χ4v) is 6.75. The van der Waals surface area contributed by atoms with Crippen LogP contribution in [0, 0.1) is 11.8 Å². The molecule has 0 aromatic heterocycles. The number of nitrogens with zero attached hydrogens (tertiary/aromatic N) is 1. The van der Waals surface area contributed by atoms with Crippen molar-refractivity contribution in [3.63, 3.8) is 0 Å². The lowest BCUT2D eigenvalue weighted by Gasteiger charge is -2.45. The van der Waals surface area contributed by atoms with Crippen LogP contribution in [0.5, 0.6) is 0 Å². The Morgan fingerprint density at radius 1 is 0.750 bits per heavy atom. The molecule has 4 aliphatic rings. The summed E-state index contributed by atoms with van der Waals surface area (Å²) in [5.41, 5.74) is 5.22. The molecule has 3 aromatic carbocycles. The second-order valence-corrected chi connectivity index (χ2v) is 11.1. The number of benzene rings is 3. The number of carbonyl (C=O) groups excluding carboxylic acids is 4. The van der Waals surface area contributed by atoms with Gasteiger partial charge in [-0.3, -0.25) is 24.1 Å². The lowest BCUT2D eigenvalue weighted by Crippen LogP contribution is -2.41. The highest BCUT2D eigenvalue weighted by Gasteiger charge is 2.61. The Bertz CT molecular complexity index is 1370. The lowest BCUT2D eigenvalue weighted by molar-refractivity contribution is -0.147. The van der Waals surface area contributed by atoms with Crippen LogP contribution in [0.1, 0.15) is 59.8 Å². The summed E-state index contributed by atoms with van der Waals surface area (Å²) in [5.74, 6) is -1.99. The van der Waals surface area contributed by atoms with Gasteiger partial charge in [-0.1, -0.05) is 66.6 Å². The first-order chi connectivity index (χ1) is 19.4. The third kappa shape index (κ3) is 4.68. The molecule has 8 heteroatoms. The molecule has 1 N–H and O–H groups in total. The van der Waals surface area contributed by atoms with Crippen LogP contribution in [0.25, 0.3) is 0 Å². The van der Waals surface area contributed by atoms with Gasteiger partial charge in [-0.25, -0.2) is 0 Å². The molecule has 0 spiro atoms. The van der Waals surface area contributed by atoms with Gasteiger partial charge in [0.2, 0.25) is 11.8 Å². The number of nitrogens with one attached hydrogen (secondary N) is 1. The van der Waals surface area contributed by atoms with Crippen molar-refractivity contribution in [2.45, 2.75) is 37.5 Å². The highest BCUT2D eigenvalue weighted by molar-refractivity contribution is 6.30. The first-order valence-corrected chi connectivity index (χ1v) is 14.1. The van der Waals surface area contributed by atoms with Gasteiger partial charge in [0.25, 0.3) is 5.91 Å². The van der Waals surface area contributed by atoms with Gasteiger partial charge < -0.3 is 10.1 Å². The summed E-state index contributed by atoms with van der Waals surface area (Å²) < 4.78 is 5.07. The maximum Gasteiger partial charge on any atom is 0.306 e. The zero-order valence-electron chi connectivity index (χ0n) is 21.8. The third-order valence-corrected chi connectivity index (χ3v) is 8.55. The van der Waals surface area contributed by atoms with Crippen LogP contribution in [0.3, 0.4) is 0 Å². The predicted molar refractivity (Wildman–Crippen MR) is 150 cm³/mol. The van der Waals surface area contributed by atoms with Crippen molar-refractivity contribution in [2.24, 2.45) is 11.8 Å². The molecule has 1 fully saturated rings. The number of rotatable bonds is 9. The minimum Gasteiger partial charge on any atom is -0.456 e. The minimum absolute atomic E-state index is 0.0832. The largest absolute Gasteiger partial charge is 0.456 e. The SMILES string of the molecule is O=C(COC(=O)CCCCCN1C(=O)[C@@H]2C3c4ccccc4C(c4ccccc43)[C@H]2C1=O)Nc1ccc(Cl)cc1. The molecule has 0 unspecified atom stereocenters. The smallest absolute Gasteiger partial charge is 0.306 e. The van der Waals surface area contributed by atoms with Crippen molar-refractivity contribution in [1.29, 1.82) is 0 Å². The zero-order valence-corrected chi connectivity index (χ0v) is 22.6. The average Bonchev–Trinajstić information content (AvgIpc) is 3.22. The van der Waals surface area contributed by atoms with Gasteiger partial charge in [0.05, 0.1) is 11.8 Å². The van der Waals surface area contributed by atoms with E-state index in [1.807, 2.05) is 24.3 Å².